The maximum Gasteiger partial charge on any atom is 0.338 e. The van der Waals surface area contributed by atoms with Crippen molar-refractivity contribution in [3.63, 3.8) is 0 Å². The molecule has 2 aromatic heterocycles. The number of nitrogens with one attached hydrogen (secondary N) is 1. The number of hydrogen-bond acceptors (Lipinski definition) is 5. The van der Waals surface area contributed by atoms with E-state index in [1.807, 2.05) is 19.2 Å². The van der Waals surface area contributed by atoms with Crippen molar-refractivity contribution in [1.82, 2.24) is 4.98 Å². The van der Waals surface area contributed by atoms with Crippen LogP contribution in [0, 0.1) is 6.92 Å². The smallest absolute Gasteiger partial charge is 0.338 e. The molecule has 20 heavy (non-hydrogen) atoms. The third-order valence-electron chi connectivity index (χ3n) is 2.62. The van der Waals surface area contributed by atoms with Crippen molar-refractivity contribution in [1.29, 1.82) is 0 Å². The van der Waals surface area contributed by atoms with Crippen LogP contribution in [0.15, 0.2) is 11.4 Å². The Kier molecular flexibility index (Phi) is 4.51. The van der Waals surface area contributed by atoms with E-state index in [2.05, 4.69) is 10.3 Å². The Morgan fingerprint density at radius 1 is 1.45 bits per heavy atom. The molecule has 0 unspecified atom stereocenters. The predicted octanol–water partition coefficient (Wildman–Crippen LogP) is 2.95. The highest BCUT2D eigenvalue weighted by Crippen LogP contribution is 2.28. The summed E-state index contributed by atoms with van der Waals surface area (Å²) in [6.45, 7) is 3.82. The summed E-state index contributed by atoms with van der Waals surface area (Å²) in [6, 6.07) is 1.61. The molecule has 2 rings (SSSR count). The van der Waals surface area contributed by atoms with Crippen LogP contribution < -0.4 is 5.32 Å². The van der Waals surface area contributed by atoms with Crippen LogP contribution in [0.2, 0.25) is 0 Å². The molecule has 106 valence electrons. The number of thiazole rings is 1. The summed E-state index contributed by atoms with van der Waals surface area (Å²) in [4.78, 5) is 28.2. The molecule has 0 atom stereocenters. The zero-order valence-corrected chi connectivity index (χ0v) is 12.7. The van der Waals surface area contributed by atoms with Crippen molar-refractivity contribution in [2.45, 2.75) is 26.7 Å². The Morgan fingerprint density at radius 3 is 2.75 bits per heavy atom. The molecule has 0 fully saturated rings. The van der Waals surface area contributed by atoms with Gasteiger partial charge in [0.2, 0.25) is 5.91 Å². The molecule has 0 aliphatic rings. The molecule has 2 N–H and O–H groups in total. The number of hydrogen-bond donors (Lipinski definition) is 2. The van der Waals surface area contributed by atoms with Gasteiger partial charge in [0, 0.05) is 10.3 Å². The molecule has 0 aliphatic heterocycles. The van der Waals surface area contributed by atoms with Crippen LogP contribution in [0.4, 0.5) is 5.00 Å². The first-order chi connectivity index (χ1) is 9.49. The Labute approximate surface area is 124 Å². The van der Waals surface area contributed by atoms with Gasteiger partial charge in [-0.25, -0.2) is 9.78 Å². The Hall–Kier alpha value is -1.73. The Bertz CT molecular complexity index is 646. The molecule has 0 saturated heterocycles. The lowest BCUT2D eigenvalue weighted by molar-refractivity contribution is -0.115. The highest BCUT2D eigenvalue weighted by atomic mass is 32.1. The summed E-state index contributed by atoms with van der Waals surface area (Å²) < 4.78 is 0. The fraction of sp³-hybridized carbons (Fsp3) is 0.308. The van der Waals surface area contributed by atoms with Gasteiger partial charge in [-0.15, -0.1) is 22.7 Å². The molecule has 0 spiro atoms. The number of thiophene rings is 1. The maximum absolute atomic E-state index is 11.9. The third-order valence-corrected chi connectivity index (χ3v) is 4.64. The Morgan fingerprint density at radius 2 is 2.20 bits per heavy atom. The normalized spacial score (nSPS) is 10.5. The average molecular weight is 310 g/mol. The number of nitrogens with zero attached hydrogens (tertiary/aromatic N) is 1. The molecular formula is C13H14N2O3S2. The number of amides is 1. The van der Waals surface area contributed by atoms with E-state index in [0.29, 0.717) is 10.7 Å². The molecule has 0 aliphatic carbocycles. The molecule has 2 aromatic rings. The number of aromatic carboxylic acids is 1. The van der Waals surface area contributed by atoms with Gasteiger partial charge in [-0.1, -0.05) is 6.92 Å². The standard InChI is InChI=1S/C13H14N2O3S2/c1-3-9-5-10(13(17)18)12(20-9)15-11(16)4-8-6-19-7(2)14-8/h5-6H,3-4H2,1-2H3,(H,15,16)(H,17,18). The fourth-order valence-electron chi connectivity index (χ4n) is 1.69. The topological polar surface area (TPSA) is 79.3 Å². The first kappa shape index (κ1) is 14.7. The largest absolute Gasteiger partial charge is 0.478 e. The lowest BCUT2D eigenvalue weighted by Crippen LogP contribution is -2.15. The predicted molar refractivity (Wildman–Crippen MR) is 79.8 cm³/mol. The van der Waals surface area contributed by atoms with Crippen molar-refractivity contribution in [3.05, 3.63) is 32.6 Å². The minimum Gasteiger partial charge on any atom is -0.478 e. The number of aryl methyl sites for hydroxylation is 2. The van der Waals surface area contributed by atoms with Gasteiger partial charge in [-0.05, 0) is 19.4 Å². The maximum atomic E-state index is 11.9. The average Bonchev–Trinajstić information content (AvgIpc) is 2.95. The van der Waals surface area contributed by atoms with Crippen molar-refractivity contribution in [2.24, 2.45) is 0 Å². The summed E-state index contributed by atoms with van der Waals surface area (Å²) in [5.74, 6) is -1.27. The van der Waals surface area contributed by atoms with Gasteiger partial charge in [0.25, 0.3) is 0 Å². The van der Waals surface area contributed by atoms with Crippen LogP contribution in [-0.2, 0) is 17.6 Å². The number of rotatable bonds is 5. The van der Waals surface area contributed by atoms with Gasteiger partial charge < -0.3 is 10.4 Å². The molecule has 0 aromatic carbocycles. The van der Waals surface area contributed by atoms with E-state index in [9.17, 15) is 9.59 Å². The van der Waals surface area contributed by atoms with E-state index in [0.717, 1.165) is 16.3 Å². The van der Waals surface area contributed by atoms with E-state index in [-0.39, 0.29) is 17.9 Å². The summed E-state index contributed by atoms with van der Waals surface area (Å²) in [7, 11) is 0. The van der Waals surface area contributed by atoms with Crippen LogP contribution in [0.25, 0.3) is 0 Å². The van der Waals surface area contributed by atoms with Crippen LogP contribution in [-0.4, -0.2) is 22.0 Å². The highest BCUT2D eigenvalue weighted by molar-refractivity contribution is 7.16. The van der Waals surface area contributed by atoms with Gasteiger partial charge in [-0.3, -0.25) is 4.79 Å². The van der Waals surface area contributed by atoms with E-state index in [1.165, 1.54) is 22.7 Å². The summed E-state index contributed by atoms with van der Waals surface area (Å²) in [5.41, 5.74) is 0.851. The molecule has 1 amide bonds. The molecule has 5 nitrogen and oxygen atoms in total. The van der Waals surface area contributed by atoms with Gasteiger partial charge in [0.15, 0.2) is 0 Å². The van der Waals surface area contributed by atoms with Gasteiger partial charge >= 0.3 is 5.97 Å². The van der Waals surface area contributed by atoms with Crippen molar-refractivity contribution in [2.75, 3.05) is 5.32 Å². The van der Waals surface area contributed by atoms with Crippen LogP contribution in [0.1, 0.15) is 32.9 Å². The Balaban J connectivity index is 2.10. The zero-order chi connectivity index (χ0) is 14.7. The van der Waals surface area contributed by atoms with Crippen LogP contribution in [0.5, 0.6) is 0 Å². The monoisotopic (exact) mass is 310 g/mol. The van der Waals surface area contributed by atoms with E-state index in [1.54, 1.807) is 6.07 Å². The zero-order valence-electron chi connectivity index (χ0n) is 11.1. The number of carbonyl (C=O) groups is 2. The van der Waals surface area contributed by atoms with Crippen molar-refractivity contribution >= 4 is 39.6 Å². The first-order valence-electron chi connectivity index (χ1n) is 6.06. The lowest BCUT2D eigenvalue weighted by Gasteiger charge is -2.02. The van der Waals surface area contributed by atoms with Gasteiger partial charge in [0.05, 0.1) is 22.7 Å². The second-order valence-electron chi connectivity index (χ2n) is 4.20. The lowest BCUT2D eigenvalue weighted by atomic mass is 10.2. The molecule has 7 heteroatoms. The van der Waals surface area contributed by atoms with Gasteiger partial charge in [-0.2, -0.15) is 0 Å². The first-order valence-corrected chi connectivity index (χ1v) is 7.76. The molecule has 2 heterocycles. The van der Waals surface area contributed by atoms with Crippen molar-refractivity contribution in [3.8, 4) is 0 Å². The quantitative estimate of drug-likeness (QED) is 0.890. The molecule has 0 saturated carbocycles. The number of carbonyl (C=O) groups excluding carboxylic acids is 1. The summed E-state index contributed by atoms with van der Waals surface area (Å²) in [6.07, 6.45) is 0.898. The number of carboxylic acids is 1. The molecule has 0 radical (unpaired) electrons. The van der Waals surface area contributed by atoms with E-state index in [4.69, 9.17) is 5.11 Å². The number of aromatic nitrogens is 1. The fourth-order valence-corrected chi connectivity index (χ4v) is 3.31. The summed E-state index contributed by atoms with van der Waals surface area (Å²) in [5, 5.41) is 14.9. The summed E-state index contributed by atoms with van der Waals surface area (Å²) >= 11 is 2.79. The SMILES string of the molecule is CCc1cc(C(=O)O)c(NC(=O)Cc2csc(C)n2)s1. The molecule has 0 bridgehead atoms. The van der Waals surface area contributed by atoms with Gasteiger partial charge in [0.1, 0.15) is 5.00 Å². The third kappa shape index (κ3) is 3.43. The molecular weight excluding hydrogens is 296 g/mol. The number of carboxylic acid groups (broad SMARTS) is 1. The van der Waals surface area contributed by atoms with Crippen LogP contribution >= 0.6 is 22.7 Å². The number of anilines is 1. The van der Waals surface area contributed by atoms with Crippen molar-refractivity contribution < 1.29 is 14.7 Å². The highest BCUT2D eigenvalue weighted by Gasteiger charge is 2.17. The second-order valence-corrected chi connectivity index (χ2v) is 6.40. The van der Waals surface area contributed by atoms with Crippen LogP contribution in [0.3, 0.4) is 0 Å². The van der Waals surface area contributed by atoms with E-state index < -0.39 is 5.97 Å². The second kappa shape index (κ2) is 6.15. The minimum absolute atomic E-state index is 0.148. The van der Waals surface area contributed by atoms with E-state index >= 15 is 0 Å². The minimum atomic E-state index is -1.03.